The highest BCUT2D eigenvalue weighted by atomic mass is 16.4. The van der Waals surface area contributed by atoms with Crippen LogP contribution in [0.3, 0.4) is 0 Å². The van der Waals surface area contributed by atoms with E-state index in [0.717, 1.165) is 35.6 Å². The summed E-state index contributed by atoms with van der Waals surface area (Å²) in [4.78, 5) is 28.6. The van der Waals surface area contributed by atoms with Crippen LogP contribution in [0.25, 0.3) is 0 Å². The van der Waals surface area contributed by atoms with Gasteiger partial charge in [-0.15, -0.1) is 0 Å². The van der Waals surface area contributed by atoms with E-state index in [1.165, 1.54) is 6.07 Å². The Labute approximate surface area is 191 Å². The van der Waals surface area contributed by atoms with Gasteiger partial charge < -0.3 is 15.3 Å². The number of hydrogen-bond donors (Lipinski definition) is 2. The number of piperazine rings is 1. The van der Waals surface area contributed by atoms with Crippen LogP contribution in [0.1, 0.15) is 43.4 Å². The van der Waals surface area contributed by atoms with Gasteiger partial charge in [-0.05, 0) is 41.5 Å². The Morgan fingerprint density at radius 3 is 2.39 bits per heavy atom. The van der Waals surface area contributed by atoms with Crippen molar-refractivity contribution in [1.82, 2.24) is 4.90 Å². The third-order valence-corrected chi connectivity index (χ3v) is 6.39. The standard InChI is InChI=1S/C26H22N4O3/c27-16-18-15-17(26(32)33)9-10-23(18)29-11-13-30(14-12-29)24-19-5-1-2-6-20(19)25(31)28-22-8-4-3-7-21(22)24/h1-10,15,24H,11-14H2,(H,28,31)(H,32,33). The lowest BCUT2D eigenvalue weighted by atomic mass is 9.93. The summed E-state index contributed by atoms with van der Waals surface area (Å²) >= 11 is 0. The summed E-state index contributed by atoms with van der Waals surface area (Å²) in [6.07, 6.45) is 0. The highest BCUT2D eigenvalue weighted by molar-refractivity contribution is 6.07. The van der Waals surface area contributed by atoms with Crippen LogP contribution in [0, 0.1) is 11.3 Å². The Bertz CT molecular complexity index is 1290. The molecule has 164 valence electrons. The lowest BCUT2D eigenvalue weighted by molar-refractivity contribution is 0.0696. The first-order chi connectivity index (χ1) is 16.1. The zero-order valence-corrected chi connectivity index (χ0v) is 17.9. The zero-order valence-electron chi connectivity index (χ0n) is 17.9. The van der Waals surface area contributed by atoms with E-state index in [-0.39, 0.29) is 17.5 Å². The summed E-state index contributed by atoms with van der Waals surface area (Å²) in [6.45, 7) is 2.83. The molecule has 1 fully saturated rings. The van der Waals surface area contributed by atoms with Crippen molar-refractivity contribution in [3.63, 3.8) is 0 Å². The Kier molecular flexibility index (Phi) is 5.29. The molecular weight excluding hydrogens is 416 g/mol. The minimum Gasteiger partial charge on any atom is -0.478 e. The molecule has 0 spiro atoms. The van der Waals surface area contributed by atoms with Gasteiger partial charge in [0, 0.05) is 37.4 Å². The van der Waals surface area contributed by atoms with Crippen LogP contribution in [0.4, 0.5) is 11.4 Å². The van der Waals surface area contributed by atoms with Crippen molar-refractivity contribution >= 4 is 23.3 Å². The van der Waals surface area contributed by atoms with E-state index < -0.39 is 5.97 Å². The average molecular weight is 438 g/mol. The molecule has 5 rings (SSSR count). The quantitative estimate of drug-likeness (QED) is 0.647. The summed E-state index contributed by atoms with van der Waals surface area (Å²) in [5.41, 5.74) is 4.77. The molecule has 1 unspecified atom stereocenters. The van der Waals surface area contributed by atoms with Gasteiger partial charge in [-0.25, -0.2) is 4.79 Å². The van der Waals surface area contributed by atoms with E-state index in [4.69, 9.17) is 0 Å². The van der Waals surface area contributed by atoms with Gasteiger partial charge >= 0.3 is 5.97 Å². The second kappa shape index (κ2) is 8.41. The van der Waals surface area contributed by atoms with Gasteiger partial charge in [-0.3, -0.25) is 9.69 Å². The van der Waals surface area contributed by atoms with Gasteiger partial charge in [-0.2, -0.15) is 5.26 Å². The predicted molar refractivity (Wildman–Crippen MR) is 125 cm³/mol. The van der Waals surface area contributed by atoms with Crippen molar-refractivity contribution in [2.24, 2.45) is 0 Å². The van der Waals surface area contributed by atoms with Gasteiger partial charge in [-0.1, -0.05) is 36.4 Å². The number of fused-ring (bicyclic) bond motifs is 2. The molecule has 2 aliphatic heterocycles. The molecular formula is C26H22N4O3. The number of carboxylic acids is 1. The monoisotopic (exact) mass is 438 g/mol. The Morgan fingerprint density at radius 1 is 0.970 bits per heavy atom. The van der Waals surface area contributed by atoms with E-state index in [9.17, 15) is 20.0 Å². The van der Waals surface area contributed by atoms with Crippen molar-refractivity contribution in [3.05, 3.63) is 94.5 Å². The number of hydrogen-bond acceptors (Lipinski definition) is 5. The first-order valence-electron chi connectivity index (χ1n) is 10.8. The molecule has 2 aliphatic rings. The third kappa shape index (κ3) is 3.71. The molecule has 1 atom stereocenters. The summed E-state index contributed by atoms with van der Waals surface area (Å²) in [7, 11) is 0. The number of carboxylic acid groups (broad SMARTS) is 1. The molecule has 33 heavy (non-hydrogen) atoms. The van der Waals surface area contributed by atoms with Crippen molar-refractivity contribution in [3.8, 4) is 6.07 Å². The van der Waals surface area contributed by atoms with Crippen LogP contribution in [0.5, 0.6) is 0 Å². The summed E-state index contributed by atoms with van der Waals surface area (Å²) in [5.74, 6) is -1.15. The number of aromatic carboxylic acids is 1. The number of benzene rings is 3. The molecule has 1 saturated heterocycles. The van der Waals surface area contributed by atoms with Gasteiger partial charge in [0.15, 0.2) is 0 Å². The molecule has 3 aromatic carbocycles. The van der Waals surface area contributed by atoms with Crippen LogP contribution in [-0.2, 0) is 0 Å². The number of carbonyl (C=O) groups excluding carboxylic acids is 1. The maximum Gasteiger partial charge on any atom is 0.335 e. The number of amides is 1. The molecule has 2 heterocycles. The highest BCUT2D eigenvalue weighted by Crippen LogP contribution is 2.39. The molecule has 1 amide bonds. The minimum absolute atomic E-state index is 0.0664. The summed E-state index contributed by atoms with van der Waals surface area (Å²) < 4.78 is 0. The Morgan fingerprint density at radius 2 is 1.67 bits per heavy atom. The average Bonchev–Trinajstić information content (AvgIpc) is 2.97. The second-order valence-electron chi connectivity index (χ2n) is 8.20. The SMILES string of the molecule is N#Cc1cc(C(=O)O)ccc1N1CCN(C2c3ccccc3NC(=O)c3ccccc32)CC1. The number of anilines is 2. The largest absolute Gasteiger partial charge is 0.478 e. The van der Waals surface area contributed by atoms with E-state index >= 15 is 0 Å². The van der Waals surface area contributed by atoms with Crippen molar-refractivity contribution in [2.45, 2.75) is 6.04 Å². The minimum atomic E-state index is -1.04. The first kappa shape index (κ1) is 20.7. The summed E-state index contributed by atoms with van der Waals surface area (Å²) in [6, 6.07) is 22.4. The molecule has 3 aromatic rings. The van der Waals surface area contributed by atoms with E-state index in [2.05, 4.69) is 27.3 Å². The van der Waals surface area contributed by atoms with Crippen molar-refractivity contribution in [1.29, 1.82) is 5.26 Å². The van der Waals surface area contributed by atoms with Crippen LogP contribution in [-0.4, -0.2) is 48.1 Å². The van der Waals surface area contributed by atoms with Crippen LogP contribution >= 0.6 is 0 Å². The molecule has 2 N–H and O–H groups in total. The molecule has 0 aromatic heterocycles. The van der Waals surface area contributed by atoms with Crippen molar-refractivity contribution < 1.29 is 14.7 Å². The molecule has 7 heteroatoms. The normalized spacial score (nSPS) is 17.8. The fourth-order valence-corrected chi connectivity index (χ4v) is 4.80. The number of nitrogens with zero attached hydrogens (tertiary/aromatic N) is 3. The predicted octanol–water partition coefficient (Wildman–Crippen LogP) is 3.73. The maximum absolute atomic E-state index is 12.9. The fraction of sp³-hybridized carbons (Fsp3) is 0.192. The Balaban J connectivity index is 1.45. The fourth-order valence-electron chi connectivity index (χ4n) is 4.80. The highest BCUT2D eigenvalue weighted by Gasteiger charge is 2.33. The lowest BCUT2D eigenvalue weighted by Crippen LogP contribution is -2.48. The van der Waals surface area contributed by atoms with Crippen LogP contribution in [0.2, 0.25) is 0 Å². The van der Waals surface area contributed by atoms with Crippen molar-refractivity contribution in [2.75, 3.05) is 36.4 Å². The third-order valence-electron chi connectivity index (χ3n) is 6.39. The van der Waals surface area contributed by atoms with E-state index in [1.807, 2.05) is 42.5 Å². The number of para-hydroxylation sites is 1. The van der Waals surface area contributed by atoms with E-state index in [0.29, 0.717) is 24.2 Å². The second-order valence-corrected chi connectivity index (χ2v) is 8.20. The van der Waals surface area contributed by atoms with Gasteiger partial charge in [0.2, 0.25) is 0 Å². The lowest BCUT2D eigenvalue weighted by Gasteiger charge is -2.41. The maximum atomic E-state index is 12.9. The Hall–Kier alpha value is -4.15. The van der Waals surface area contributed by atoms with Gasteiger partial charge in [0.25, 0.3) is 5.91 Å². The first-order valence-corrected chi connectivity index (χ1v) is 10.8. The van der Waals surface area contributed by atoms with E-state index in [1.54, 1.807) is 12.1 Å². The molecule has 7 nitrogen and oxygen atoms in total. The topological polar surface area (TPSA) is 96.7 Å². The number of carbonyl (C=O) groups is 2. The number of nitriles is 1. The smallest absolute Gasteiger partial charge is 0.335 e. The van der Waals surface area contributed by atoms with Crippen LogP contribution < -0.4 is 10.2 Å². The summed E-state index contributed by atoms with van der Waals surface area (Å²) in [5, 5.41) is 21.8. The van der Waals surface area contributed by atoms with Gasteiger partial charge in [0.1, 0.15) is 6.07 Å². The molecule has 0 saturated carbocycles. The molecule has 0 aliphatic carbocycles. The van der Waals surface area contributed by atoms with Crippen LogP contribution in [0.15, 0.2) is 66.7 Å². The molecule has 0 bridgehead atoms. The number of rotatable bonds is 3. The zero-order chi connectivity index (χ0) is 22.9. The van der Waals surface area contributed by atoms with Gasteiger partial charge in [0.05, 0.1) is 22.9 Å². The molecule has 0 radical (unpaired) electrons. The number of nitrogens with one attached hydrogen (secondary N) is 1.